The summed E-state index contributed by atoms with van der Waals surface area (Å²) in [4.78, 5) is 19.7. The van der Waals surface area contributed by atoms with Crippen molar-refractivity contribution in [3.05, 3.63) is 169 Å². The van der Waals surface area contributed by atoms with E-state index in [9.17, 15) is 0 Å². The minimum Gasteiger partial charge on any atom is -0.265 e. The van der Waals surface area contributed by atoms with Gasteiger partial charge in [-0.3, -0.25) is 4.98 Å². The fourth-order valence-corrected chi connectivity index (χ4v) is 7.93. The normalized spacial score (nSPS) is 14.4. The van der Waals surface area contributed by atoms with Gasteiger partial charge in [-0.1, -0.05) is 137 Å². The van der Waals surface area contributed by atoms with Crippen molar-refractivity contribution in [3.63, 3.8) is 0 Å². The average Bonchev–Trinajstić information content (AvgIpc) is 3.22. The molecule has 1 aliphatic rings. The Kier molecular flexibility index (Phi) is 8.27. The number of aromatic nitrogens is 4. The van der Waals surface area contributed by atoms with Crippen LogP contribution in [0.3, 0.4) is 0 Å². The molecular formula is C50H42N4. The fourth-order valence-electron chi connectivity index (χ4n) is 7.93. The molecule has 2 heterocycles. The predicted octanol–water partition coefficient (Wildman–Crippen LogP) is 12.8. The van der Waals surface area contributed by atoms with Gasteiger partial charge in [0.25, 0.3) is 0 Å². The maximum Gasteiger partial charge on any atom is 0.164 e. The maximum absolute atomic E-state index is 5.19. The van der Waals surface area contributed by atoms with E-state index in [1.54, 1.807) is 0 Å². The van der Waals surface area contributed by atoms with Crippen LogP contribution in [0.15, 0.2) is 158 Å². The van der Waals surface area contributed by atoms with Gasteiger partial charge in [-0.15, -0.1) is 0 Å². The van der Waals surface area contributed by atoms with Gasteiger partial charge in [0.15, 0.2) is 17.5 Å². The second-order valence-electron chi connectivity index (χ2n) is 15.9. The third-order valence-electron chi connectivity index (χ3n) is 11.3. The molecule has 54 heavy (non-hydrogen) atoms. The van der Waals surface area contributed by atoms with E-state index in [-0.39, 0.29) is 10.8 Å². The first-order valence-corrected chi connectivity index (χ1v) is 18.8. The van der Waals surface area contributed by atoms with Crippen molar-refractivity contribution in [2.45, 2.75) is 51.4 Å². The van der Waals surface area contributed by atoms with Gasteiger partial charge in [0.1, 0.15) is 0 Å². The Balaban J connectivity index is 1.19. The molecular weight excluding hydrogens is 657 g/mol. The van der Waals surface area contributed by atoms with Crippen molar-refractivity contribution in [2.75, 3.05) is 0 Å². The molecule has 0 saturated heterocycles. The summed E-state index contributed by atoms with van der Waals surface area (Å²) in [5, 5.41) is 2.46. The van der Waals surface area contributed by atoms with Crippen LogP contribution in [0.5, 0.6) is 0 Å². The summed E-state index contributed by atoms with van der Waals surface area (Å²) in [5.74, 6) is 1.91. The van der Waals surface area contributed by atoms with Crippen molar-refractivity contribution >= 4 is 10.8 Å². The van der Waals surface area contributed by atoms with Crippen molar-refractivity contribution in [3.8, 4) is 67.5 Å². The van der Waals surface area contributed by atoms with Crippen LogP contribution in [0.25, 0.3) is 78.3 Å². The van der Waals surface area contributed by atoms with Crippen LogP contribution in [0.1, 0.15) is 51.7 Å². The van der Waals surface area contributed by atoms with Crippen molar-refractivity contribution < 1.29 is 0 Å². The van der Waals surface area contributed by atoms with E-state index in [4.69, 9.17) is 15.0 Å². The molecule has 4 heteroatoms. The molecule has 0 radical (unpaired) electrons. The third kappa shape index (κ3) is 6.39. The highest BCUT2D eigenvalue weighted by Gasteiger charge is 2.37. The Morgan fingerprint density at radius 1 is 0.352 bits per heavy atom. The summed E-state index contributed by atoms with van der Waals surface area (Å²) >= 11 is 0. The lowest BCUT2D eigenvalue weighted by Gasteiger charge is -2.42. The van der Waals surface area contributed by atoms with Gasteiger partial charge in [-0.25, -0.2) is 15.0 Å². The highest BCUT2D eigenvalue weighted by Crippen LogP contribution is 2.47. The molecule has 0 spiro atoms. The van der Waals surface area contributed by atoms with Crippen LogP contribution < -0.4 is 0 Å². The standard InChI is InChI=1S/C50H42N4/c1-49(2)24-25-50(3,4)45-32-40(20-21-44(45)49)42-29-41(35-22-26-51-27-23-35)30-43(31-42)48-53-46(36-11-6-5-7-12-36)52-47(54-48)37-17-14-34(15-18-37)39-19-16-33-10-8-9-13-38(33)28-39/h5-23,26-32H,24-25H2,1-4H3. The number of benzene rings is 6. The Morgan fingerprint density at radius 2 is 0.833 bits per heavy atom. The number of fused-ring (bicyclic) bond motifs is 2. The SMILES string of the molecule is CC1(C)CCC(C)(C)c2cc(-c3cc(-c4ccncc4)cc(-c4nc(-c5ccccc5)nc(-c5ccc(-c6ccc7ccccc7c6)cc5)n4)c3)ccc21. The van der Waals surface area contributed by atoms with Crippen LogP contribution >= 0.6 is 0 Å². The van der Waals surface area contributed by atoms with E-state index in [0.717, 1.165) is 45.4 Å². The topological polar surface area (TPSA) is 51.6 Å². The fraction of sp³-hybridized carbons (Fsp3) is 0.160. The minimum absolute atomic E-state index is 0.101. The molecule has 2 aromatic heterocycles. The third-order valence-corrected chi connectivity index (χ3v) is 11.3. The van der Waals surface area contributed by atoms with Crippen LogP contribution in [-0.2, 0) is 10.8 Å². The van der Waals surface area contributed by atoms with E-state index >= 15 is 0 Å². The van der Waals surface area contributed by atoms with Gasteiger partial charge >= 0.3 is 0 Å². The van der Waals surface area contributed by atoms with Crippen LogP contribution in [0.4, 0.5) is 0 Å². The number of hydrogen-bond donors (Lipinski definition) is 0. The molecule has 9 rings (SSSR count). The monoisotopic (exact) mass is 698 g/mol. The Labute approximate surface area is 317 Å². The first-order chi connectivity index (χ1) is 26.2. The number of pyridine rings is 1. The zero-order valence-corrected chi connectivity index (χ0v) is 31.2. The summed E-state index contributed by atoms with van der Waals surface area (Å²) in [6.45, 7) is 9.52. The summed E-state index contributed by atoms with van der Waals surface area (Å²) < 4.78 is 0. The molecule has 6 aromatic carbocycles. The molecule has 0 aliphatic heterocycles. The molecule has 0 saturated carbocycles. The van der Waals surface area contributed by atoms with E-state index in [1.165, 1.54) is 39.4 Å². The van der Waals surface area contributed by atoms with Crippen LogP contribution in [0.2, 0.25) is 0 Å². The Hall–Kier alpha value is -6.26. The van der Waals surface area contributed by atoms with Gasteiger partial charge in [0, 0.05) is 29.1 Å². The molecule has 1 aliphatic carbocycles. The van der Waals surface area contributed by atoms with Gasteiger partial charge in [-0.05, 0) is 115 Å². The minimum atomic E-state index is 0.101. The van der Waals surface area contributed by atoms with Gasteiger partial charge in [0.2, 0.25) is 0 Å². The molecule has 8 aromatic rings. The first kappa shape index (κ1) is 33.6. The molecule has 0 amide bonds. The number of nitrogens with zero attached hydrogens (tertiary/aromatic N) is 4. The quantitative estimate of drug-likeness (QED) is 0.173. The van der Waals surface area contributed by atoms with Gasteiger partial charge in [0.05, 0.1) is 0 Å². The lowest BCUT2D eigenvalue weighted by molar-refractivity contribution is 0.332. The predicted molar refractivity (Wildman–Crippen MR) is 223 cm³/mol. The molecule has 0 unspecified atom stereocenters. The van der Waals surface area contributed by atoms with Crippen LogP contribution in [-0.4, -0.2) is 19.9 Å². The lowest BCUT2D eigenvalue weighted by Crippen LogP contribution is -2.33. The van der Waals surface area contributed by atoms with Crippen molar-refractivity contribution in [1.82, 2.24) is 19.9 Å². The smallest absolute Gasteiger partial charge is 0.164 e. The second kappa shape index (κ2) is 13.3. The Morgan fingerprint density at radius 3 is 1.54 bits per heavy atom. The van der Waals surface area contributed by atoms with Gasteiger partial charge in [-0.2, -0.15) is 0 Å². The number of rotatable bonds is 6. The second-order valence-corrected chi connectivity index (χ2v) is 15.9. The average molecular weight is 699 g/mol. The van der Waals surface area contributed by atoms with E-state index in [2.05, 4.69) is 160 Å². The lowest BCUT2D eigenvalue weighted by atomic mass is 9.63. The largest absolute Gasteiger partial charge is 0.265 e. The maximum atomic E-state index is 5.19. The summed E-state index contributed by atoms with van der Waals surface area (Å²) in [5.41, 5.74) is 12.8. The highest BCUT2D eigenvalue weighted by atomic mass is 15.0. The number of hydrogen-bond acceptors (Lipinski definition) is 4. The molecule has 0 fully saturated rings. The van der Waals surface area contributed by atoms with E-state index in [1.807, 2.05) is 30.6 Å². The van der Waals surface area contributed by atoms with E-state index < -0.39 is 0 Å². The molecule has 0 atom stereocenters. The molecule has 0 bridgehead atoms. The molecule has 262 valence electrons. The van der Waals surface area contributed by atoms with Gasteiger partial charge < -0.3 is 0 Å². The molecule has 0 N–H and O–H groups in total. The zero-order chi connectivity index (χ0) is 36.9. The summed E-state index contributed by atoms with van der Waals surface area (Å²) in [6.07, 6.45) is 6.05. The summed E-state index contributed by atoms with van der Waals surface area (Å²) in [7, 11) is 0. The Bertz CT molecular complexity index is 2640. The van der Waals surface area contributed by atoms with Crippen molar-refractivity contribution in [1.29, 1.82) is 0 Å². The van der Waals surface area contributed by atoms with Crippen LogP contribution in [0, 0.1) is 0 Å². The first-order valence-electron chi connectivity index (χ1n) is 18.8. The highest BCUT2D eigenvalue weighted by molar-refractivity contribution is 5.87. The van der Waals surface area contributed by atoms with E-state index in [0.29, 0.717) is 17.5 Å². The van der Waals surface area contributed by atoms with Crippen molar-refractivity contribution in [2.24, 2.45) is 0 Å². The summed E-state index contributed by atoms with van der Waals surface area (Å²) in [6, 6.07) is 51.8. The zero-order valence-electron chi connectivity index (χ0n) is 31.2. The molecule has 4 nitrogen and oxygen atoms in total.